The molecule has 182 valence electrons. The fourth-order valence-electron chi connectivity index (χ4n) is 6.10. The maximum Gasteiger partial charge on any atom is 0.307 e. The van der Waals surface area contributed by atoms with Gasteiger partial charge in [0.05, 0.1) is 21.9 Å². The van der Waals surface area contributed by atoms with Crippen LogP contribution in [0.4, 0.5) is 0 Å². The summed E-state index contributed by atoms with van der Waals surface area (Å²) in [5, 5.41) is 10.3. The first-order valence-corrected chi connectivity index (χ1v) is 13.4. The van der Waals surface area contributed by atoms with Crippen molar-refractivity contribution >= 4 is 81.5 Å². The van der Waals surface area contributed by atoms with Gasteiger partial charge in [-0.3, -0.25) is 9.59 Å². The maximum absolute atomic E-state index is 13.7. The average molecular weight is 568 g/mol. The number of unbranched alkanes of at least 4 members (excludes halogenated alkanes) is 2. The van der Waals surface area contributed by atoms with E-state index in [1.165, 1.54) is 0 Å². The van der Waals surface area contributed by atoms with E-state index in [-0.39, 0.29) is 22.4 Å². The number of nitrogens with zero attached hydrogens (tertiary/aromatic N) is 1. The second-order valence-electron chi connectivity index (χ2n) is 9.36. The Labute approximate surface area is 219 Å². The van der Waals surface area contributed by atoms with Gasteiger partial charge in [0, 0.05) is 13.1 Å². The fraction of sp³-hybridized carbons (Fsp3) is 0.818. The smallest absolute Gasteiger partial charge is 0.307 e. The van der Waals surface area contributed by atoms with Gasteiger partial charge in [-0.15, -0.1) is 23.2 Å². The van der Waals surface area contributed by atoms with E-state index in [0.29, 0.717) is 13.1 Å². The summed E-state index contributed by atoms with van der Waals surface area (Å²) in [6, 6.07) is 0. The van der Waals surface area contributed by atoms with Gasteiger partial charge in [-0.25, -0.2) is 0 Å². The molecule has 0 aromatic carbocycles. The van der Waals surface area contributed by atoms with Crippen molar-refractivity contribution in [2.24, 2.45) is 29.6 Å². The SMILES string of the molecule is CCCCN(CCCC)C(=O)[C@@H]1C[C@@H]2[C@H]([C@H](C)[C@@H]1C(=O)O)[C@@]1(Cl)C(Cl)=C(Cl)[C@@]2(Cl)C1(Cl)Cl. The third-order valence-electron chi connectivity index (χ3n) is 7.70. The van der Waals surface area contributed by atoms with E-state index in [2.05, 4.69) is 13.8 Å². The van der Waals surface area contributed by atoms with Crippen molar-refractivity contribution in [1.82, 2.24) is 4.90 Å². The molecule has 0 unspecified atom stereocenters. The molecule has 10 heteroatoms. The summed E-state index contributed by atoms with van der Waals surface area (Å²) in [4.78, 5) is 24.9. The third-order valence-corrected chi connectivity index (χ3v) is 12.0. The maximum atomic E-state index is 13.7. The molecule has 3 rings (SSSR count). The van der Waals surface area contributed by atoms with E-state index in [0.717, 1.165) is 25.7 Å². The second kappa shape index (κ2) is 9.47. The largest absolute Gasteiger partial charge is 0.481 e. The molecule has 2 fully saturated rings. The summed E-state index contributed by atoms with van der Waals surface area (Å²) in [6.07, 6.45) is 3.75. The number of rotatable bonds is 8. The highest BCUT2D eigenvalue weighted by Crippen LogP contribution is 2.79. The average Bonchev–Trinajstić information content (AvgIpc) is 2.93. The predicted octanol–water partition coefficient (Wildman–Crippen LogP) is 6.85. The molecule has 4 nitrogen and oxygen atoms in total. The van der Waals surface area contributed by atoms with Crippen molar-refractivity contribution in [3.05, 3.63) is 10.1 Å². The van der Waals surface area contributed by atoms with E-state index in [1.807, 2.05) is 0 Å². The first kappa shape index (κ1) is 27.0. The lowest BCUT2D eigenvalue weighted by Crippen LogP contribution is -2.54. The summed E-state index contributed by atoms with van der Waals surface area (Å²) in [5.41, 5.74) is 0. The zero-order valence-corrected chi connectivity index (χ0v) is 22.9. The van der Waals surface area contributed by atoms with Gasteiger partial charge in [-0.05, 0) is 37.0 Å². The number of amides is 1. The molecule has 0 aliphatic heterocycles. The van der Waals surface area contributed by atoms with Gasteiger partial charge >= 0.3 is 5.97 Å². The number of aliphatic carboxylic acids is 1. The number of hydrogen-bond donors (Lipinski definition) is 1. The highest BCUT2D eigenvalue weighted by atomic mass is 35.5. The molecule has 0 aromatic rings. The van der Waals surface area contributed by atoms with Crippen LogP contribution < -0.4 is 0 Å². The van der Waals surface area contributed by atoms with Crippen LogP contribution in [-0.4, -0.2) is 49.1 Å². The zero-order chi connectivity index (χ0) is 24.2. The van der Waals surface area contributed by atoms with Gasteiger partial charge in [0.1, 0.15) is 9.75 Å². The number of fused-ring (bicyclic) bond motifs is 5. The molecule has 3 aliphatic rings. The minimum atomic E-state index is -1.74. The van der Waals surface area contributed by atoms with Crippen LogP contribution in [0.2, 0.25) is 0 Å². The number of carboxylic acid groups (broad SMARTS) is 1. The lowest BCUT2D eigenvalue weighted by Gasteiger charge is -2.49. The molecule has 2 saturated carbocycles. The van der Waals surface area contributed by atoms with Gasteiger partial charge < -0.3 is 10.0 Å². The van der Waals surface area contributed by atoms with Crippen LogP contribution in [0.25, 0.3) is 0 Å². The summed E-state index contributed by atoms with van der Waals surface area (Å²) >= 11 is 40.5. The molecule has 1 amide bonds. The van der Waals surface area contributed by atoms with Crippen molar-refractivity contribution in [2.45, 2.75) is 67.0 Å². The summed E-state index contributed by atoms with van der Waals surface area (Å²) < 4.78 is -1.74. The van der Waals surface area contributed by atoms with E-state index in [1.54, 1.807) is 11.8 Å². The van der Waals surface area contributed by atoms with Crippen molar-refractivity contribution < 1.29 is 14.7 Å². The lowest BCUT2D eigenvalue weighted by molar-refractivity contribution is -0.158. The first-order chi connectivity index (χ1) is 14.8. The molecular formula is C22H29Cl6NO3. The molecule has 0 radical (unpaired) electrons. The molecule has 0 aromatic heterocycles. The van der Waals surface area contributed by atoms with Crippen LogP contribution in [-0.2, 0) is 9.59 Å². The first-order valence-electron chi connectivity index (χ1n) is 11.2. The topological polar surface area (TPSA) is 57.6 Å². The van der Waals surface area contributed by atoms with E-state index in [9.17, 15) is 14.7 Å². The van der Waals surface area contributed by atoms with Crippen LogP contribution in [0, 0.1) is 29.6 Å². The van der Waals surface area contributed by atoms with Crippen molar-refractivity contribution in [1.29, 1.82) is 0 Å². The van der Waals surface area contributed by atoms with Gasteiger partial charge in [0.15, 0.2) is 4.33 Å². The number of carbonyl (C=O) groups excluding carboxylic acids is 1. The lowest BCUT2D eigenvalue weighted by atomic mass is 9.58. The summed E-state index contributed by atoms with van der Waals surface area (Å²) in [6.45, 7) is 7.06. The Balaban J connectivity index is 2.05. The summed E-state index contributed by atoms with van der Waals surface area (Å²) in [5.74, 6) is -4.54. The molecule has 0 heterocycles. The fourth-order valence-corrected chi connectivity index (χ4v) is 9.26. The van der Waals surface area contributed by atoms with Crippen molar-refractivity contribution in [2.75, 3.05) is 13.1 Å². The van der Waals surface area contributed by atoms with Crippen molar-refractivity contribution in [3.63, 3.8) is 0 Å². The molecule has 0 spiro atoms. The van der Waals surface area contributed by atoms with Crippen LogP contribution in [0.1, 0.15) is 52.9 Å². The Bertz CT molecular complexity index is 811. The van der Waals surface area contributed by atoms with Gasteiger partial charge in [-0.2, -0.15) is 0 Å². The Morgan fingerprint density at radius 3 is 1.97 bits per heavy atom. The Hall–Kier alpha value is 0.420. The number of halogens is 6. The molecule has 7 atom stereocenters. The van der Waals surface area contributed by atoms with Gasteiger partial charge in [-0.1, -0.05) is 80.0 Å². The highest BCUT2D eigenvalue weighted by Gasteiger charge is 2.84. The third kappa shape index (κ3) is 3.53. The van der Waals surface area contributed by atoms with E-state index < -0.39 is 49.6 Å². The van der Waals surface area contributed by atoms with Crippen LogP contribution >= 0.6 is 69.6 Å². The van der Waals surface area contributed by atoms with E-state index >= 15 is 0 Å². The molecule has 0 saturated heterocycles. The van der Waals surface area contributed by atoms with Crippen LogP contribution in [0.3, 0.4) is 0 Å². The van der Waals surface area contributed by atoms with Gasteiger partial charge in [0.2, 0.25) is 5.91 Å². The molecule has 3 aliphatic carbocycles. The monoisotopic (exact) mass is 565 g/mol. The number of carboxylic acids is 1. The minimum Gasteiger partial charge on any atom is -0.481 e. The van der Waals surface area contributed by atoms with Crippen LogP contribution in [0.5, 0.6) is 0 Å². The van der Waals surface area contributed by atoms with Crippen LogP contribution in [0.15, 0.2) is 10.1 Å². The van der Waals surface area contributed by atoms with E-state index in [4.69, 9.17) is 69.6 Å². The van der Waals surface area contributed by atoms with Gasteiger partial charge in [0.25, 0.3) is 0 Å². The number of allylic oxidation sites excluding steroid dienone is 2. The number of carbonyl (C=O) groups is 2. The standard InChI is InChI=1S/C22H29Cl6NO3/c1-4-6-8-29(9-7-5-2)18(30)12-10-13-15(11(3)14(12)19(31)32)21(26)17(24)16(23)20(13,25)22(21,27)28/h11-15H,4-10H2,1-3H3,(H,31,32)/t11-,12-,13-,14+,15+,20-,21-/m1/s1. The molecule has 2 bridgehead atoms. The molecular weight excluding hydrogens is 539 g/mol. The quantitative estimate of drug-likeness (QED) is 0.326. The minimum absolute atomic E-state index is 0.0652. The Kier molecular flexibility index (Phi) is 7.99. The molecule has 32 heavy (non-hydrogen) atoms. The normalized spacial score (nSPS) is 39.8. The Morgan fingerprint density at radius 1 is 1.00 bits per heavy atom. The molecule has 1 N–H and O–H groups in total. The Morgan fingerprint density at radius 2 is 1.50 bits per heavy atom. The van der Waals surface area contributed by atoms with Crippen molar-refractivity contribution in [3.8, 4) is 0 Å². The number of hydrogen-bond acceptors (Lipinski definition) is 2. The predicted molar refractivity (Wildman–Crippen MR) is 132 cm³/mol. The summed E-state index contributed by atoms with van der Waals surface area (Å²) in [7, 11) is 0. The zero-order valence-electron chi connectivity index (χ0n) is 18.3. The highest BCUT2D eigenvalue weighted by molar-refractivity contribution is 6.65. The number of alkyl halides is 4. The second-order valence-corrected chi connectivity index (χ2v) is 12.6.